The summed E-state index contributed by atoms with van der Waals surface area (Å²) < 4.78 is 28.7. The van der Waals surface area contributed by atoms with E-state index in [4.69, 9.17) is 34.8 Å². The van der Waals surface area contributed by atoms with Gasteiger partial charge in [0.05, 0.1) is 10.6 Å². The van der Waals surface area contributed by atoms with E-state index in [0.717, 1.165) is 9.87 Å². The molecule has 0 bridgehead atoms. The van der Waals surface area contributed by atoms with Gasteiger partial charge in [-0.2, -0.15) is 0 Å². The maximum atomic E-state index is 14.1. The van der Waals surface area contributed by atoms with E-state index in [9.17, 15) is 18.0 Å². The Bertz CT molecular complexity index is 1470. The number of carbonyl (C=O) groups is 2. The molecule has 0 radical (unpaired) electrons. The monoisotopic (exact) mass is 623 g/mol. The Morgan fingerprint density at radius 2 is 1.60 bits per heavy atom. The molecule has 0 heterocycles. The van der Waals surface area contributed by atoms with E-state index in [-0.39, 0.29) is 35.5 Å². The minimum absolute atomic E-state index is 0.0105. The molecule has 0 aromatic heterocycles. The van der Waals surface area contributed by atoms with Gasteiger partial charge in [0.1, 0.15) is 12.6 Å². The Balaban J connectivity index is 2.10. The van der Waals surface area contributed by atoms with Crippen molar-refractivity contribution >= 4 is 62.3 Å². The zero-order chi connectivity index (χ0) is 29.6. The number of rotatable bonds is 11. The molecular formula is C29H32Cl3N3O4S. The van der Waals surface area contributed by atoms with Crippen LogP contribution >= 0.6 is 34.8 Å². The Morgan fingerprint density at radius 3 is 2.17 bits per heavy atom. The van der Waals surface area contributed by atoms with E-state index in [1.54, 1.807) is 62.4 Å². The first-order valence-electron chi connectivity index (χ1n) is 12.7. The molecule has 0 saturated carbocycles. The Morgan fingerprint density at radius 1 is 0.925 bits per heavy atom. The number of carbonyl (C=O) groups excluding carboxylic acids is 2. The van der Waals surface area contributed by atoms with Crippen molar-refractivity contribution in [3.8, 4) is 0 Å². The van der Waals surface area contributed by atoms with Crippen LogP contribution in [0.25, 0.3) is 0 Å². The number of halogens is 3. The zero-order valence-corrected chi connectivity index (χ0v) is 25.8. The van der Waals surface area contributed by atoms with Crippen LogP contribution in [-0.4, -0.2) is 43.8 Å². The molecule has 3 aromatic rings. The fourth-order valence-corrected chi connectivity index (χ4v) is 6.19. The van der Waals surface area contributed by atoms with Gasteiger partial charge in [0, 0.05) is 27.7 Å². The number of benzene rings is 3. The highest BCUT2D eigenvalue weighted by Gasteiger charge is 2.34. The maximum Gasteiger partial charge on any atom is 0.264 e. The molecule has 3 aromatic carbocycles. The van der Waals surface area contributed by atoms with Gasteiger partial charge in [0.25, 0.3) is 10.0 Å². The summed E-state index contributed by atoms with van der Waals surface area (Å²) >= 11 is 18.9. The molecule has 2 amide bonds. The quantitative estimate of drug-likeness (QED) is 0.265. The number of amides is 2. The standard InChI is InChI=1S/C29H32Cl3N3O4S/c1-5-27(29(37)33-19(2)3)34(17-21-12-13-22(30)15-26(21)32)28(36)18-35(23-14-11-20(4)25(31)16-23)40(38,39)24-9-7-6-8-10-24/h6-16,19,27H,5,17-18H2,1-4H3,(H,33,37)/t27-/m1/s1. The second kappa shape index (κ2) is 13.7. The van der Waals surface area contributed by atoms with Gasteiger partial charge in [-0.3, -0.25) is 13.9 Å². The topological polar surface area (TPSA) is 86.8 Å². The summed E-state index contributed by atoms with van der Waals surface area (Å²) in [5.74, 6) is -0.945. The normalized spacial score (nSPS) is 12.2. The Labute approximate surface area is 251 Å². The zero-order valence-electron chi connectivity index (χ0n) is 22.7. The first-order valence-corrected chi connectivity index (χ1v) is 15.3. The fraction of sp³-hybridized carbons (Fsp3) is 0.310. The molecule has 3 rings (SSSR count). The van der Waals surface area contributed by atoms with Crippen molar-refractivity contribution < 1.29 is 18.0 Å². The van der Waals surface area contributed by atoms with E-state index in [2.05, 4.69) is 5.32 Å². The smallest absolute Gasteiger partial charge is 0.264 e. The van der Waals surface area contributed by atoms with E-state index in [1.165, 1.54) is 23.1 Å². The first kappa shape index (κ1) is 31.7. The third kappa shape index (κ3) is 7.69. The highest BCUT2D eigenvalue weighted by atomic mass is 35.5. The number of sulfonamides is 1. The van der Waals surface area contributed by atoms with E-state index < -0.39 is 28.5 Å². The van der Waals surface area contributed by atoms with E-state index in [1.807, 2.05) is 13.8 Å². The maximum absolute atomic E-state index is 14.1. The molecule has 1 atom stereocenters. The van der Waals surface area contributed by atoms with E-state index in [0.29, 0.717) is 20.6 Å². The van der Waals surface area contributed by atoms with Crippen LogP contribution in [0.15, 0.2) is 71.6 Å². The highest BCUT2D eigenvalue weighted by molar-refractivity contribution is 7.92. The van der Waals surface area contributed by atoms with Crippen LogP contribution in [0.4, 0.5) is 5.69 Å². The highest BCUT2D eigenvalue weighted by Crippen LogP contribution is 2.29. The number of aryl methyl sites for hydroxylation is 1. The van der Waals surface area contributed by atoms with Gasteiger partial charge < -0.3 is 10.2 Å². The summed E-state index contributed by atoms with van der Waals surface area (Å²) in [4.78, 5) is 28.6. The van der Waals surface area contributed by atoms with Crippen molar-refractivity contribution in [2.75, 3.05) is 10.8 Å². The number of anilines is 1. The first-order chi connectivity index (χ1) is 18.8. The molecule has 0 saturated heterocycles. The van der Waals surface area contributed by atoms with Gasteiger partial charge in [0.2, 0.25) is 11.8 Å². The van der Waals surface area contributed by atoms with Crippen LogP contribution < -0.4 is 9.62 Å². The molecule has 0 aliphatic carbocycles. The molecule has 0 unspecified atom stereocenters. The largest absolute Gasteiger partial charge is 0.352 e. The summed E-state index contributed by atoms with van der Waals surface area (Å²) in [5, 5.41) is 3.96. The number of hydrogen-bond donors (Lipinski definition) is 1. The van der Waals surface area contributed by atoms with Crippen molar-refractivity contribution in [1.29, 1.82) is 0 Å². The second-order valence-corrected chi connectivity index (χ2v) is 12.7. The minimum Gasteiger partial charge on any atom is -0.352 e. The lowest BCUT2D eigenvalue weighted by Crippen LogP contribution is -2.53. The summed E-state index contributed by atoms with van der Waals surface area (Å²) in [7, 11) is -4.19. The van der Waals surface area contributed by atoms with Gasteiger partial charge in [0.15, 0.2) is 0 Å². The van der Waals surface area contributed by atoms with Crippen molar-refractivity contribution in [1.82, 2.24) is 10.2 Å². The molecule has 1 N–H and O–H groups in total. The Hall–Kier alpha value is -2.78. The number of nitrogens with one attached hydrogen (secondary N) is 1. The second-order valence-electron chi connectivity index (χ2n) is 9.60. The van der Waals surface area contributed by atoms with Crippen LogP contribution in [-0.2, 0) is 26.2 Å². The van der Waals surface area contributed by atoms with Crippen LogP contribution in [0.2, 0.25) is 15.1 Å². The van der Waals surface area contributed by atoms with Crippen molar-refractivity contribution in [3.05, 3.63) is 92.9 Å². The van der Waals surface area contributed by atoms with Gasteiger partial charge in [-0.15, -0.1) is 0 Å². The number of nitrogens with zero attached hydrogens (tertiary/aromatic N) is 2. The van der Waals surface area contributed by atoms with Gasteiger partial charge in [-0.1, -0.05) is 72.1 Å². The van der Waals surface area contributed by atoms with Crippen molar-refractivity contribution in [2.24, 2.45) is 0 Å². The predicted molar refractivity (Wildman–Crippen MR) is 162 cm³/mol. The molecule has 0 aliphatic rings. The Kier molecular flexibility index (Phi) is 10.9. The molecule has 40 heavy (non-hydrogen) atoms. The van der Waals surface area contributed by atoms with E-state index >= 15 is 0 Å². The molecule has 11 heteroatoms. The fourth-order valence-electron chi connectivity index (χ4n) is 4.12. The lowest BCUT2D eigenvalue weighted by atomic mass is 10.1. The summed E-state index contributed by atoms with van der Waals surface area (Å²) in [6, 6.07) is 16.4. The number of hydrogen-bond acceptors (Lipinski definition) is 4. The average molecular weight is 625 g/mol. The lowest BCUT2D eigenvalue weighted by molar-refractivity contribution is -0.140. The summed E-state index contributed by atoms with van der Waals surface area (Å²) in [6.07, 6.45) is 0.289. The van der Waals surface area contributed by atoms with Crippen LogP contribution in [0.5, 0.6) is 0 Å². The summed E-state index contributed by atoms with van der Waals surface area (Å²) in [5.41, 5.74) is 1.53. The third-order valence-corrected chi connectivity index (χ3v) is 9.01. The third-order valence-electron chi connectivity index (χ3n) is 6.23. The van der Waals surface area contributed by atoms with Gasteiger partial charge >= 0.3 is 0 Å². The SMILES string of the molecule is CC[C@H](C(=O)NC(C)C)N(Cc1ccc(Cl)cc1Cl)C(=O)CN(c1ccc(C)c(Cl)c1)S(=O)(=O)c1ccccc1. The van der Waals surface area contributed by atoms with Gasteiger partial charge in [-0.25, -0.2) is 8.42 Å². The van der Waals surface area contributed by atoms with Crippen molar-refractivity contribution in [2.45, 2.75) is 57.6 Å². The van der Waals surface area contributed by atoms with Crippen LogP contribution in [0.3, 0.4) is 0 Å². The van der Waals surface area contributed by atoms with Gasteiger partial charge in [-0.05, 0) is 74.7 Å². The van der Waals surface area contributed by atoms with Crippen LogP contribution in [0.1, 0.15) is 38.3 Å². The molecule has 0 aliphatic heterocycles. The average Bonchev–Trinajstić information content (AvgIpc) is 2.90. The molecule has 0 spiro atoms. The summed E-state index contributed by atoms with van der Waals surface area (Å²) in [6.45, 7) is 6.61. The molecule has 214 valence electrons. The lowest BCUT2D eigenvalue weighted by Gasteiger charge is -2.33. The minimum atomic E-state index is -4.19. The molecule has 0 fully saturated rings. The molecular weight excluding hydrogens is 593 g/mol. The van der Waals surface area contributed by atoms with Crippen LogP contribution in [0, 0.1) is 6.92 Å². The predicted octanol–water partition coefficient (Wildman–Crippen LogP) is 6.48. The van der Waals surface area contributed by atoms with Crippen molar-refractivity contribution in [3.63, 3.8) is 0 Å². The molecule has 7 nitrogen and oxygen atoms in total.